The molecule has 2 aromatic rings. The Balaban J connectivity index is 1.91. The van der Waals surface area contributed by atoms with Gasteiger partial charge in [0.1, 0.15) is 5.00 Å². The Hall–Kier alpha value is -3.49. The van der Waals surface area contributed by atoms with Gasteiger partial charge in [0.15, 0.2) is 0 Å². The number of imide groups is 1. The van der Waals surface area contributed by atoms with E-state index in [1.165, 1.54) is 43.3 Å². The maximum absolute atomic E-state index is 12.9. The first-order valence-electron chi connectivity index (χ1n) is 10.5. The van der Waals surface area contributed by atoms with Crippen molar-refractivity contribution in [1.29, 1.82) is 0 Å². The summed E-state index contributed by atoms with van der Waals surface area (Å²) in [6.45, 7) is 2.37. The van der Waals surface area contributed by atoms with Gasteiger partial charge < -0.3 is 20.7 Å². The maximum Gasteiger partial charge on any atom is 0.410 e. The number of nitrogens with one attached hydrogen (secondary N) is 2. The Bertz CT molecular complexity index is 1270. The lowest BCUT2D eigenvalue weighted by Crippen LogP contribution is -2.38. The Labute approximate surface area is 206 Å². The van der Waals surface area contributed by atoms with Crippen LogP contribution in [-0.2, 0) is 27.7 Å². The minimum absolute atomic E-state index is 0.0196. The average Bonchev–Trinajstić information content (AvgIpc) is 3.15. The van der Waals surface area contributed by atoms with Crippen molar-refractivity contribution in [2.75, 3.05) is 32.6 Å². The fraction of sp³-hybridized carbons (Fsp3) is 0.333. The number of hydrogen-bond donors (Lipinski definition) is 3. The van der Waals surface area contributed by atoms with Crippen molar-refractivity contribution in [3.05, 3.63) is 45.8 Å². The molecule has 0 fully saturated rings. The van der Waals surface area contributed by atoms with Crippen molar-refractivity contribution >= 4 is 50.3 Å². The molecule has 0 saturated carbocycles. The molecule has 0 saturated heterocycles. The number of carbonyl (C=O) groups excluding carboxylic acids is 4. The molecule has 1 aliphatic rings. The van der Waals surface area contributed by atoms with Gasteiger partial charge in [-0.25, -0.2) is 22.3 Å². The molecule has 5 amide bonds. The number of amides is 5. The molecule has 0 atom stereocenters. The number of benzene rings is 1. The van der Waals surface area contributed by atoms with Crippen LogP contribution in [0.4, 0.5) is 14.6 Å². The molecule has 0 radical (unpaired) electrons. The highest BCUT2D eigenvalue weighted by Gasteiger charge is 2.31. The molecule has 0 unspecified atom stereocenters. The second-order valence-corrected chi connectivity index (χ2v) is 10.9. The van der Waals surface area contributed by atoms with E-state index in [-0.39, 0.29) is 40.7 Å². The zero-order chi connectivity index (χ0) is 25.9. The molecule has 0 spiro atoms. The second-order valence-electron chi connectivity index (χ2n) is 7.66. The molecule has 2 heterocycles. The number of hydrogen-bond acceptors (Lipinski definition) is 8. The van der Waals surface area contributed by atoms with Gasteiger partial charge >= 0.3 is 12.1 Å². The topological polar surface area (TPSA) is 168 Å². The Morgan fingerprint density at radius 1 is 1.14 bits per heavy atom. The van der Waals surface area contributed by atoms with E-state index in [2.05, 4.69) is 5.32 Å². The van der Waals surface area contributed by atoms with E-state index in [1.54, 1.807) is 6.92 Å². The molecule has 1 aromatic heterocycles. The normalized spacial score (nSPS) is 13.2. The predicted molar refractivity (Wildman–Crippen MR) is 128 cm³/mol. The molecule has 4 N–H and O–H groups in total. The number of thiophene rings is 1. The van der Waals surface area contributed by atoms with Gasteiger partial charge in [-0.2, -0.15) is 0 Å². The molecule has 0 aliphatic carbocycles. The van der Waals surface area contributed by atoms with Crippen LogP contribution in [0.1, 0.15) is 38.1 Å². The SMILES string of the molecule is CCOC(=O)N1CCc2c(sc(NC(=O)c3ccc(S(=O)(=O)N(C)C)cc3)c2C(=O)NC(N)=O)C1. The largest absolute Gasteiger partial charge is 0.450 e. The van der Waals surface area contributed by atoms with E-state index in [0.29, 0.717) is 16.9 Å². The standard InChI is InChI=1S/C21H25N5O7S2/c1-4-33-21(30)26-10-9-14-15(11-26)34-19(16(14)18(28)24-20(22)29)23-17(27)12-5-7-13(8-6-12)35(31,32)25(2)3/h5-8H,4,9-11H2,1-3H3,(H,23,27)(H3,22,24,28,29). The number of urea groups is 1. The number of carbonyl (C=O) groups is 4. The summed E-state index contributed by atoms with van der Waals surface area (Å²) < 4.78 is 30.6. The van der Waals surface area contributed by atoms with E-state index >= 15 is 0 Å². The third-order valence-corrected chi connectivity index (χ3v) is 8.13. The number of anilines is 1. The van der Waals surface area contributed by atoms with Crippen molar-refractivity contribution in [2.45, 2.75) is 24.8 Å². The summed E-state index contributed by atoms with van der Waals surface area (Å²) in [4.78, 5) is 51.2. The van der Waals surface area contributed by atoms with Gasteiger partial charge in [-0.1, -0.05) is 0 Å². The van der Waals surface area contributed by atoms with Crippen molar-refractivity contribution < 1.29 is 32.3 Å². The van der Waals surface area contributed by atoms with Gasteiger partial charge in [0.05, 0.1) is 23.6 Å². The molecule has 1 aromatic carbocycles. The van der Waals surface area contributed by atoms with E-state index < -0.39 is 34.0 Å². The summed E-state index contributed by atoms with van der Waals surface area (Å²) >= 11 is 1.09. The summed E-state index contributed by atoms with van der Waals surface area (Å²) in [5.74, 6) is -1.37. The van der Waals surface area contributed by atoms with Crippen LogP contribution in [0.25, 0.3) is 0 Å². The van der Waals surface area contributed by atoms with Crippen LogP contribution in [0.3, 0.4) is 0 Å². The number of rotatable bonds is 6. The molecule has 12 nitrogen and oxygen atoms in total. The highest BCUT2D eigenvalue weighted by atomic mass is 32.2. The van der Waals surface area contributed by atoms with E-state index in [4.69, 9.17) is 10.5 Å². The van der Waals surface area contributed by atoms with Gasteiger partial charge in [0.2, 0.25) is 10.0 Å². The number of ether oxygens (including phenoxy) is 1. The molecule has 1 aliphatic heterocycles. The van der Waals surface area contributed by atoms with Crippen LogP contribution in [-0.4, -0.2) is 68.8 Å². The minimum atomic E-state index is -3.66. The first-order chi connectivity index (χ1) is 16.4. The number of fused-ring (bicyclic) bond motifs is 1. The molecule has 14 heteroatoms. The quantitative estimate of drug-likeness (QED) is 0.516. The zero-order valence-electron chi connectivity index (χ0n) is 19.3. The smallest absolute Gasteiger partial charge is 0.410 e. The third-order valence-electron chi connectivity index (χ3n) is 5.17. The van der Waals surface area contributed by atoms with Gasteiger partial charge in [-0.3, -0.25) is 14.9 Å². The lowest BCUT2D eigenvalue weighted by molar-refractivity contribution is 0.0965. The maximum atomic E-state index is 12.9. The monoisotopic (exact) mass is 523 g/mol. The first-order valence-corrected chi connectivity index (χ1v) is 12.7. The van der Waals surface area contributed by atoms with Crippen LogP contribution in [0, 0.1) is 0 Å². The van der Waals surface area contributed by atoms with E-state index in [9.17, 15) is 27.6 Å². The van der Waals surface area contributed by atoms with Crippen LogP contribution in [0.5, 0.6) is 0 Å². The average molecular weight is 524 g/mol. The number of primary amides is 1. The molecule has 188 valence electrons. The minimum Gasteiger partial charge on any atom is -0.450 e. The number of nitrogens with zero attached hydrogens (tertiary/aromatic N) is 2. The van der Waals surface area contributed by atoms with E-state index in [0.717, 1.165) is 15.6 Å². The summed E-state index contributed by atoms with van der Waals surface area (Å²) in [6, 6.07) is 4.27. The van der Waals surface area contributed by atoms with Gasteiger partial charge in [-0.05, 0) is 43.2 Å². The Morgan fingerprint density at radius 2 is 1.80 bits per heavy atom. The molecule has 0 bridgehead atoms. The van der Waals surface area contributed by atoms with Crippen molar-refractivity contribution in [3.8, 4) is 0 Å². The highest BCUT2D eigenvalue weighted by molar-refractivity contribution is 7.89. The zero-order valence-corrected chi connectivity index (χ0v) is 20.9. The lowest BCUT2D eigenvalue weighted by atomic mass is 10.0. The molecular weight excluding hydrogens is 498 g/mol. The lowest BCUT2D eigenvalue weighted by Gasteiger charge is -2.26. The Kier molecular flexibility index (Phi) is 7.77. The first kappa shape index (κ1) is 26.1. The van der Waals surface area contributed by atoms with Crippen LogP contribution >= 0.6 is 11.3 Å². The molecule has 35 heavy (non-hydrogen) atoms. The molecular formula is C21H25N5O7S2. The van der Waals surface area contributed by atoms with Crippen molar-refractivity contribution in [2.24, 2.45) is 5.73 Å². The summed E-state index contributed by atoms with van der Waals surface area (Å²) in [5, 5.41) is 4.85. The van der Waals surface area contributed by atoms with E-state index in [1.807, 2.05) is 5.32 Å². The Morgan fingerprint density at radius 3 is 2.37 bits per heavy atom. The van der Waals surface area contributed by atoms with Gasteiger partial charge in [0, 0.05) is 31.1 Å². The summed E-state index contributed by atoms with van der Waals surface area (Å²) in [5.41, 5.74) is 5.95. The van der Waals surface area contributed by atoms with Crippen molar-refractivity contribution in [3.63, 3.8) is 0 Å². The highest BCUT2D eigenvalue weighted by Crippen LogP contribution is 2.37. The summed E-state index contributed by atoms with van der Waals surface area (Å²) in [7, 11) is -0.864. The van der Waals surface area contributed by atoms with Crippen LogP contribution in [0.2, 0.25) is 0 Å². The summed E-state index contributed by atoms with van der Waals surface area (Å²) in [6.07, 6.45) is -0.188. The number of sulfonamides is 1. The second kappa shape index (κ2) is 10.4. The van der Waals surface area contributed by atoms with Crippen molar-refractivity contribution in [1.82, 2.24) is 14.5 Å². The van der Waals surface area contributed by atoms with Gasteiger partial charge in [-0.15, -0.1) is 11.3 Å². The predicted octanol–water partition coefficient (Wildman–Crippen LogP) is 1.57. The number of nitrogens with two attached hydrogens (primary N) is 1. The van der Waals surface area contributed by atoms with Crippen LogP contribution in [0.15, 0.2) is 29.2 Å². The molecule has 3 rings (SSSR count). The third kappa shape index (κ3) is 5.61. The fourth-order valence-corrected chi connectivity index (χ4v) is 5.60. The fourth-order valence-electron chi connectivity index (χ4n) is 3.44. The van der Waals surface area contributed by atoms with Gasteiger partial charge in [0.25, 0.3) is 11.8 Å². The van der Waals surface area contributed by atoms with Crippen LogP contribution < -0.4 is 16.4 Å².